The molecule has 1 unspecified atom stereocenters. The number of nitro groups is 1. The molecule has 20 heavy (non-hydrogen) atoms. The molecule has 1 N–H and O–H groups in total. The summed E-state index contributed by atoms with van der Waals surface area (Å²) in [6.45, 7) is 2.79. The van der Waals surface area contributed by atoms with Crippen LogP contribution in [0.5, 0.6) is 5.75 Å². The van der Waals surface area contributed by atoms with Gasteiger partial charge in [-0.15, -0.1) is 0 Å². The van der Waals surface area contributed by atoms with E-state index in [-0.39, 0.29) is 17.7 Å². The molecule has 0 aromatic heterocycles. The largest absolute Gasteiger partial charge is 0.479 e. The van der Waals surface area contributed by atoms with Crippen molar-refractivity contribution < 1.29 is 24.4 Å². The number of ether oxygens (including phenoxy) is 1. The van der Waals surface area contributed by atoms with Gasteiger partial charge in [0.05, 0.1) is 10.5 Å². The van der Waals surface area contributed by atoms with Crippen molar-refractivity contribution in [2.45, 2.75) is 26.4 Å². The van der Waals surface area contributed by atoms with Crippen molar-refractivity contribution in [3.63, 3.8) is 0 Å². The second-order valence-corrected chi connectivity index (χ2v) is 4.88. The molecule has 1 aromatic carbocycles. The molecule has 1 rings (SSSR count). The van der Waals surface area contributed by atoms with Crippen LogP contribution in [-0.2, 0) is 4.79 Å². The molecule has 0 aliphatic rings. The summed E-state index contributed by atoms with van der Waals surface area (Å²) in [6.07, 6.45) is -1.15. The highest BCUT2D eigenvalue weighted by Gasteiger charge is 2.27. The van der Waals surface area contributed by atoms with Gasteiger partial charge in [0.1, 0.15) is 0 Å². The van der Waals surface area contributed by atoms with Gasteiger partial charge in [-0.3, -0.25) is 14.9 Å². The van der Waals surface area contributed by atoms with E-state index >= 15 is 0 Å². The molecule has 8 heteroatoms. The molecule has 0 radical (unpaired) electrons. The molecule has 0 aliphatic carbocycles. The number of Topliss-reactive ketones (excluding diaryl/α,β-unsaturated/α-hetero) is 1. The van der Waals surface area contributed by atoms with Crippen LogP contribution in [0.2, 0.25) is 0 Å². The first-order valence-electron chi connectivity index (χ1n) is 5.66. The van der Waals surface area contributed by atoms with E-state index in [0.717, 1.165) is 6.07 Å². The Labute approximate surface area is 122 Å². The number of carboxylic acids is 1. The third-order valence-electron chi connectivity index (χ3n) is 2.52. The molecule has 0 bridgehead atoms. The van der Waals surface area contributed by atoms with Crippen molar-refractivity contribution in [2.75, 3.05) is 0 Å². The number of benzene rings is 1. The first-order valence-corrected chi connectivity index (χ1v) is 6.45. The molecule has 0 heterocycles. The number of ketones is 1. The summed E-state index contributed by atoms with van der Waals surface area (Å²) in [6, 6.07) is 2.52. The van der Waals surface area contributed by atoms with Crippen LogP contribution in [-0.4, -0.2) is 27.9 Å². The highest BCUT2D eigenvalue weighted by atomic mass is 79.9. The van der Waals surface area contributed by atoms with E-state index in [4.69, 9.17) is 9.84 Å². The lowest BCUT2D eigenvalue weighted by Gasteiger charge is -2.15. The van der Waals surface area contributed by atoms with Crippen molar-refractivity contribution in [3.8, 4) is 5.75 Å². The molecule has 108 valence electrons. The number of hydrogen-bond acceptors (Lipinski definition) is 5. The van der Waals surface area contributed by atoms with Gasteiger partial charge in [-0.25, -0.2) is 4.79 Å². The van der Waals surface area contributed by atoms with E-state index in [1.54, 1.807) is 6.92 Å². The van der Waals surface area contributed by atoms with Gasteiger partial charge in [-0.05, 0) is 19.4 Å². The predicted molar refractivity (Wildman–Crippen MR) is 73.1 cm³/mol. The molecule has 0 aliphatic heterocycles. The number of carbonyl (C=O) groups is 2. The van der Waals surface area contributed by atoms with Crippen molar-refractivity contribution in [1.29, 1.82) is 0 Å². The lowest BCUT2D eigenvalue weighted by Crippen LogP contribution is -2.27. The van der Waals surface area contributed by atoms with E-state index < -0.39 is 28.5 Å². The Kier molecular flexibility index (Phi) is 5.20. The first kappa shape index (κ1) is 16.1. The Morgan fingerprint density at radius 1 is 1.50 bits per heavy atom. The zero-order chi connectivity index (χ0) is 15.4. The monoisotopic (exact) mass is 345 g/mol. The molecule has 1 aromatic rings. The Morgan fingerprint density at radius 3 is 2.50 bits per heavy atom. The number of nitrogens with zero attached hydrogens (tertiary/aromatic N) is 1. The van der Waals surface area contributed by atoms with Crippen LogP contribution in [0.15, 0.2) is 16.6 Å². The van der Waals surface area contributed by atoms with Crippen molar-refractivity contribution in [2.24, 2.45) is 0 Å². The molecule has 0 saturated heterocycles. The van der Waals surface area contributed by atoms with Crippen molar-refractivity contribution in [3.05, 3.63) is 32.3 Å². The fourth-order valence-electron chi connectivity index (χ4n) is 1.55. The summed E-state index contributed by atoms with van der Waals surface area (Å²) >= 11 is 3.07. The summed E-state index contributed by atoms with van der Waals surface area (Å²) in [7, 11) is 0. The van der Waals surface area contributed by atoms with Gasteiger partial charge in [0, 0.05) is 10.5 Å². The summed E-state index contributed by atoms with van der Waals surface area (Å²) in [5.74, 6) is -2.02. The van der Waals surface area contributed by atoms with Gasteiger partial charge in [-0.2, -0.15) is 0 Å². The maximum atomic E-state index is 11.6. The zero-order valence-corrected chi connectivity index (χ0v) is 12.3. The molecule has 0 spiro atoms. The second kappa shape index (κ2) is 6.47. The molecule has 0 amide bonds. The van der Waals surface area contributed by atoms with Crippen LogP contribution in [0.3, 0.4) is 0 Å². The highest BCUT2D eigenvalue weighted by Crippen LogP contribution is 2.36. The number of carboxylic acid groups (broad SMARTS) is 1. The summed E-state index contributed by atoms with van der Waals surface area (Å²) < 4.78 is 5.52. The third kappa shape index (κ3) is 3.53. The van der Waals surface area contributed by atoms with Crippen molar-refractivity contribution in [1.82, 2.24) is 0 Å². The number of halogens is 1. The Balaban J connectivity index is 3.44. The zero-order valence-electron chi connectivity index (χ0n) is 10.8. The standard InChI is InChI=1S/C12H12BrNO6/c1-3-10(12(16)17)20-11-8(6(2)15)4-7(13)5-9(11)14(18)19/h4-5,10H,3H2,1-2H3,(H,16,17). The van der Waals surface area contributed by atoms with Crippen LogP contribution in [0.25, 0.3) is 0 Å². The third-order valence-corrected chi connectivity index (χ3v) is 2.97. The SMILES string of the molecule is CCC(Oc1c(C(C)=O)cc(Br)cc1[N+](=O)[O-])C(=O)O. The molecule has 0 saturated carbocycles. The second-order valence-electron chi connectivity index (χ2n) is 3.97. The number of hydrogen-bond donors (Lipinski definition) is 1. The highest BCUT2D eigenvalue weighted by molar-refractivity contribution is 9.10. The lowest BCUT2D eigenvalue weighted by atomic mass is 10.1. The smallest absolute Gasteiger partial charge is 0.344 e. The van der Waals surface area contributed by atoms with Crippen LogP contribution >= 0.6 is 15.9 Å². The molecule has 1 atom stereocenters. The van der Waals surface area contributed by atoms with Gasteiger partial charge in [0.25, 0.3) is 0 Å². The minimum Gasteiger partial charge on any atom is -0.479 e. The van der Waals surface area contributed by atoms with Gasteiger partial charge < -0.3 is 9.84 Å². The minimum atomic E-state index is -1.26. The number of rotatable bonds is 6. The maximum Gasteiger partial charge on any atom is 0.344 e. The van der Waals surface area contributed by atoms with E-state index in [0.29, 0.717) is 4.47 Å². The first-order chi connectivity index (χ1) is 9.27. The van der Waals surface area contributed by atoms with E-state index in [9.17, 15) is 19.7 Å². The lowest BCUT2D eigenvalue weighted by molar-refractivity contribution is -0.386. The fourth-order valence-corrected chi connectivity index (χ4v) is 2.00. The molecule has 0 fully saturated rings. The van der Waals surface area contributed by atoms with Gasteiger partial charge in [-0.1, -0.05) is 22.9 Å². The van der Waals surface area contributed by atoms with E-state index in [2.05, 4.69) is 15.9 Å². The van der Waals surface area contributed by atoms with E-state index in [1.807, 2.05) is 0 Å². The quantitative estimate of drug-likeness (QED) is 0.482. The molecule has 7 nitrogen and oxygen atoms in total. The average Bonchev–Trinajstić information content (AvgIpc) is 2.35. The Hall–Kier alpha value is -1.96. The molecular weight excluding hydrogens is 334 g/mol. The summed E-state index contributed by atoms with van der Waals surface area (Å²) in [5, 5.41) is 20.0. The average molecular weight is 346 g/mol. The van der Waals surface area contributed by atoms with Crippen molar-refractivity contribution >= 4 is 33.4 Å². The number of aliphatic carboxylic acids is 1. The number of nitro benzene ring substituents is 1. The molecular formula is C12H12BrNO6. The minimum absolute atomic E-state index is 0.0363. The van der Waals surface area contributed by atoms with Crippen LogP contribution < -0.4 is 4.74 Å². The van der Waals surface area contributed by atoms with Crippen LogP contribution in [0.1, 0.15) is 30.6 Å². The topological polar surface area (TPSA) is 107 Å². The van der Waals surface area contributed by atoms with Crippen LogP contribution in [0, 0.1) is 10.1 Å². The summed E-state index contributed by atoms with van der Waals surface area (Å²) in [5.41, 5.74) is -0.491. The fraction of sp³-hybridized carbons (Fsp3) is 0.333. The summed E-state index contributed by atoms with van der Waals surface area (Å²) in [4.78, 5) is 32.9. The predicted octanol–water partition coefficient (Wildman–Crippen LogP) is 2.80. The van der Waals surface area contributed by atoms with Gasteiger partial charge >= 0.3 is 11.7 Å². The normalized spacial score (nSPS) is 11.8. The Bertz CT molecular complexity index is 536. The van der Waals surface area contributed by atoms with Gasteiger partial charge in [0.2, 0.25) is 5.75 Å². The number of carbonyl (C=O) groups excluding carboxylic acids is 1. The van der Waals surface area contributed by atoms with Crippen LogP contribution in [0.4, 0.5) is 5.69 Å². The van der Waals surface area contributed by atoms with Gasteiger partial charge in [0.15, 0.2) is 11.9 Å². The maximum absolute atomic E-state index is 11.6. The van der Waals surface area contributed by atoms with E-state index in [1.165, 1.54) is 13.0 Å². The Morgan fingerprint density at radius 2 is 2.10 bits per heavy atom.